The van der Waals surface area contributed by atoms with Gasteiger partial charge >= 0.3 is 0 Å². The topological polar surface area (TPSA) is 0 Å². The Labute approximate surface area is 129 Å². The molecular formula is C19H19Br. The minimum atomic E-state index is 0.484. The first-order chi connectivity index (χ1) is 9.47. The van der Waals surface area contributed by atoms with Gasteiger partial charge in [0.15, 0.2) is 0 Å². The van der Waals surface area contributed by atoms with Gasteiger partial charge < -0.3 is 0 Å². The van der Waals surface area contributed by atoms with Crippen molar-refractivity contribution in [2.45, 2.75) is 33.6 Å². The van der Waals surface area contributed by atoms with Crippen LogP contribution in [0.25, 0.3) is 5.57 Å². The molecule has 0 spiro atoms. The Morgan fingerprint density at radius 2 is 1.60 bits per heavy atom. The molecule has 1 atom stereocenters. The van der Waals surface area contributed by atoms with Crippen LogP contribution in [0.1, 0.15) is 46.2 Å². The fourth-order valence-electron chi connectivity index (χ4n) is 3.41. The lowest BCUT2D eigenvalue weighted by atomic mass is 9.91. The molecule has 2 aromatic rings. The van der Waals surface area contributed by atoms with Gasteiger partial charge in [-0.15, -0.1) is 0 Å². The molecule has 0 heterocycles. The highest BCUT2D eigenvalue weighted by Gasteiger charge is 2.23. The van der Waals surface area contributed by atoms with E-state index in [2.05, 4.69) is 80.0 Å². The average molecular weight is 327 g/mol. The van der Waals surface area contributed by atoms with E-state index in [-0.39, 0.29) is 0 Å². The predicted octanol–water partition coefficient (Wildman–Crippen LogP) is 5.92. The fourth-order valence-corrected chi connectivity index (χ4v) is 3.79. The first-order valence-electron chi connectivity index (χ1n) is 7.07. The van der Waals surface area contributed by atoms with Gasteiger partial charge in [0.2, 0.25) is 0 Å². The highest BCUT2D eigenvalue weighted by molar-refractivity contribution is 9.10. The van der Waals surface area contributed by atoms with Crippen LogP contribution in [0, 0.1) is 20.8 Å². The number of hydrogen-bond acceptors (Lipinski definition) is 0. The van der Waals surface area contributed by atoms with Crippen molar-refractivity contribution in [2.75, 3.05) is 0 Å². The van der Waals surface area contributed by atoms with Gasteiger partial charge in [-0.05, 0) is 66.3 Å². The second-order valence-electron chi connectivity index (χ2n) is 5.87. The molecule has 0 aromatic heterocycles. The molecule has 2 aromatic carbocycles. The van der Waals surface area contributed by atoms with E-state index in [9.17, 15) is 0 Å². The Balaban J connectivity index is 2.22. The minimum Gasteiger partial charge on any atom is -0.0688 e. The van der Waals surface area contributed by atoms with Gasteiger partial charge in [0.1, 0.15) is 0 Å². The van der Waals surface area contributed by atoms with Crippen LogP contribution >= 0.6 is 15.9 Å². The Hall–Kier alpha value is -1.34. The molecule has 0 amide bonds. The summed E-state index contributed by atoms with van der Waals surface area (Å²) >= 11 is 3.58. The molecule has 1 unspecified atom stereocenters. The lowest BCUT2D eigenvalue weighted by molar-refractivity contribution is 0.988. The van der Waals surface area contributed by atoms with Crippen LogP contribution < -0.4 is 0 Å². The SMILES string of the molecule is Cc1cc(C)c(C2=CC(C)c3cc(Br)ccc32)c(C)c1. The fraction of sp³-hybridized carbons (Fsp3) is 0.263. The zero-order valence-electron chi connectivity index (χ0n) is 12.4. The van der Waals surface area contributed by atoms with Gasteiger partial charge in [-0.3, -0.25) is 0 Å². The van der Waals surface area contributed by atoms with Crippen LogP contribution in [0.4, 0.5) is 0 Å². The molecule has 0 radical (unpaired) electrons. The summed E-state index contributed by atoms with van der Waals surface area (Å²) in [5.41, 5.74) is 9.70. The van der Waals surface area contributed by atoms with Gasteiger partial charge in [0.25, 0.3) is 0 Å². The minimum absolute atomic E-state index is 0.484. The van der Waals surface area contributed by atoms with E-state index < -0.39 is 0 Å². The average Bonchev–Trinajstić information content (AvgIpc) is 2.65. The van der Waals surface area contributed by atoms with Gasteiger partial charge in [0.05, 0.1) is 0 Å². The third-order valence-electron chi connectivity index (χ3n) is 4.16. The summed E-state index contributed by atoms with van der Waals surface area (Å²) in [6, 6.07) is 11.2. The highest BCUT2D eigenvalue weighted by Crippen LogP contribution is 2.42. The van der Waals surface area contributed by atoms with E-state index >= 15 is 0 Å². The third kappa shape index (κ3) is 2.14. The number of allylic oxidation sites excluding steroid dienone is 1. The van der Waals surface area contributed by atoms with Gasteiger partial charge in [-0.1, -0.05) is 52.7 Å². The molecule has 0 saturated heterocycles. The summed E-state index contributed by atoms with van der Waals surface area (Å²) in [5, 5.41) is 0. The molecule has 0 bridgehead atoms. The second kappa shape index (κ2) is 4.89. The van der Waals surface area contributed by atoms with E-state index in [0.29, 0.717) is 5.92 Å². The normalized spacial score (nSPS) is 17.1. The molecule has 0 fully saturated rings. The van der Waals surface area contributed by atoms with Crippen LogP contribution in [0.2, 0.25) is 0 Å². The Kier molecular flexibility index (Phi) is 3.33. The van der Waals surface area contributed by atoms with E-state index in [4.69, 9.17) is 0 Å². The molecule has 102 valence electrons. The largest absolute Gasteiger partial charge is 0.0688 e. The van der Waals surface area contributed by atoms with Crippen LogP contribution in [0.3, 0.4) is 0 Å². The van der Waals surface area contributed by atoms with E-state index in [1.54, 1.807) is 0 Å². The van der Waals surface area contributed by atoms with Crippen molar-refractivity contribution < 1.29 is 0 Å². The zero-order chi connectivity index (χ0) is 14.4. The second-order valence-corrected chi connectivity index (χ2v) is 6.79. The molecule has 20 heavy (non-hydrogen) atoms. The predicted molar refractivity (Wildman–Crippen MR) is 90.3 cm³/mol. The van der Waals surface area contributed by atoms with Crippen LogP contribution in [0.15, 0.2) is 40.9 Å². The van der Waals surface area contributed by atoms with E-state index in [0.717, 1.165) is 4.47 Å². The van der Waals surface area contributed by atoms with Crippen LogP contribution in [0.5, 0.6) is 0 Å². The maximum absolute atomic E-state index is 3.58. The van der Waals surface area contributed by atoms with Crippen molar-refractivity contribution in [3.8, 4) is 0 Å². The molecular weight excluding hydrogens is 308 g/mol. The molecule has 0 aliphatic heterocycles. The summed E-state index contributed by atoms with van der Waals surface area (Å²) in [6.07, 6.45) is 2.40. The lowest BCUT2D eigenvalue weighted by Crippen LogP contribution is -1.95. The molecule has 1 aliphatic rings. The maximum Gasteiger partial charge on any atom is 0.0178 e. The van der Waals surface area contributed by atoms with Crippen molar-refractivity contribution >= 4 is 21.5 Å². The summed E-state index contributed by atoms with van der Waals surface area (Å²) in [4.78, 5) is 0. The first kappa shape index (κ1) is 13.6. The Morgan fingerprint density at radius 1 is 0.950 bits per heavy atom. The van der Waals surface area contributed by atoms with Crippen molar-refractivity contribution in [1.29, 1.82) is 0 Å². The van der Waals surface area contributed by atoms with Crippen molar-refractivity contribution in [3.63, 3.8) is 0 Å². The molecule has 3 rings (SSSR count). The number of fused-ring (bicyclic) bond motifs is 1. The maximum atomic E-state index is 3.58. The number of halogens is 1. The van der Waals surface area contributed by atoms with Crippen molar-refractivity contribution in [3.05, 3.63) is 74.3 Å². The third-order valence-corrected chi connectivity index (χ3v) is 4.65. The first-order valence-corrected chi connectivity index (χ1v) is 7.86. The van der Waals surface area contributed by atoms with Crippen LogP contribution in [-0.4, -0.2) is 0 Å². The summed E-state index contributed by atoms with van der Waals surface area (Å²) in [6.45, 7) is 8.88. The summed E-state index contributed by atoms with van der Waals surface area (Å²) < 4.78 is 1.16. The molecule has 0 nitrogen and oxygen atoms in total. The van der Waals surface area contributed by atoms with Crippen molar-refractivity contribution in [2.24, 2.45) is 0 Å². The lowest BCUT2D eigenvalue weighted by Gasteiger charge is -2.14. The number of rotatable bonds is 1. The van der Waals surface area contributed by atoms with Gasteiger partial charge in [-0.2, -0.15) is 0 Å². The Bertz CT molecular complexity index is 700. The van der Waals surface area contributed by atoms with E-state index in [1.807, 2.05) is 0 Å². The highest BCUT2D eigenvalue weighted by atomic mass is 79.9. The van der Waals surface area contributed by atoms with Gasteiger partial charge in [0, 0.05) is 10.4 Å². The van der Waals surface area contributed by atoms with E-state index in [1.165, 1.54) is 39.0 Å². The summed E-state index contributed by atoms with van der Waals surface area (Å²) in [5.74, 6) is 0.484. The molecule has 1 aliphatic carbocycles. The monoisotopic (exact) mass is 326 g/mol. The van der Waals surface area contributed by atoms with Gasteiger partial charge in [-0.25, -0.2) is 0 Å². The number of aryl methyl sites for hydroxylation is 3. The quantitative estimate of drug-likeness (QED) is 0.609. The molecule has 0 N–H and O–H groups in total. The Morgan fingerprint density at radius 3 is 2.25 bits per heavy atom. The number of benzene rings is 2. The van der Waals surface area contributed by atoms with Crippen LogP contribution in [-0.2, 0) is 0 Å². The standard InChI is InChI=1S/C19H19Br/c1-11-7-13(3)19(14(4)8-11)18-9-12(2)17-10-15(20)5-6-16(17)18/h5-10,12H,1-4H3. The number of hydrogen-bond donors (Lipinski definition) is 0. The molecule has 1 heteroatoms. The molecule has 0 saturated carbocycles. The smallest absolute Gasteiger partial charge is 0.0178 e. The van der Waals surface area contributed by atoms with Crippen molar-refractivity contribution in [1.82, 2.24) is 0 Å². The summed E-state index contributed by atoms with van der Waals surface area (Å²) in [7, 11) is 0. The zero-order valence-corrected chi connectivity index (χ0v) is 14.0.